The van der Waals surface area contributed by atoms with Crippen LogP contribution in [0.5, 0.6) is 0 Å². The standard InChI is InChI=1S/C58H114O4S/c1-5-7-9-11-13-15-17-19-21-23-25-27-29-31-33-35-37-39-41-43-45-47-49-51-53-61-57(59)55(3)63-56(4)58(60)62-54-52-50-48-46-44-42-40-38-36-34-32-30-28-26-24-22-20-18-16-14-12-10-8-6-2/h55-56H,5-54H2,1-4H3. The zero-order valence-corrected chi connectivity index (χ0v) is 44.4. The Labute approximate surface area is 400 Å². The van der Waals surface area contributed by atoms with Gasteiger partial charge in [0.2, 0.25) is 0 Å². The topological polar surface area (TPSA) is 52.6 Å². The fraction of sp³-hybridized carbons (Fsp3) is 0.966. The lowest BCUT2D eigenvalue weighted by Crippen LogP contribution is -2.25. The van der Waals surface area contributed by atoms with Gasteiger partial charge in [-0.15, -0.1) is 11.8 Å². The molecule has 0 amide bonds. The first-order valence-corrected chi connectivity index (χ1v) is 30.0. The van der Waals surface area contributed by atoms with E-state index in [1.54, 1.807) is 0 Å². The molecule has 2 unspecified atom stereocenters. The van der Waals surface area contributed by atoms with E-state index in [9.17, 15) is 9.59 Å². The van der Waals surface area contributed by atoms with Crippen LogP contribution in [0.1, 0.15) is 336 Å². The molecule has 0 aromatic rings. The van der Waals surface area contributed by atoms with Crippen LogP contribution in [0.2, 0.25) is 0 Å². The highest BCUT2D eigenvalue weighted by Gasteiger charge is 2.23. The second-order valence-electron chi connectivity index (χ2n) is 20.0. The molecule has 2 atom stereocenters. The molecule has 0 aliphatic carbocycles. The first-order chi connectivity index (χ1) is 31.0. The monoisotopic (exact) mass is 907 g/mol. The van der Waals surface area contributed by atoms with E-state index in [4.69, 9.17) is 9.47 Å². The van der Waals surface area contributed by atoms with Gasteiger partial charge in [-0.3, -0.25) is 9.59 Å². The number of hydrogen-bond acceptors (Lipinski definition) is 5. The predicted octanol–water partition coefficient (Wildman–Crippen LogP) is 20.3. The summed E-state index contributed by atoms with van der Waals surface area (Å²) in [5.41, 5.74) is 0. The Hall–Kier alpha value is -0.710. The van der Waals surface area contributed by atoms with Crippen LogP contribution in [0.3, 0.4) is 0 Å². The largest absolute Gasteiger partial charge is 0.465 e. The van der Waals surface area contributed by atoms with E-state index in [-0.39, 0.29) is 22.4 Å². The number of ether oxygens (including phenoxy) is 2. The molecule has 0 rings (SSSR count). The molecule has 0 N–H and O–H groups in total. The fourth-order valence-corrected chi connectivity index (χ4v) is 10.1. The summed E-state index contributed by atoms with van der Waals surface area (Å²) in [5.74, 6) is -0.419. The van der Waals surface area contributed by atoms with Gasteiger partial charge in [-0.05, 0) is 26.7 Å². The summed E-state index contributed by atoms with van der Waals surface area (Å²) in [5, 5.41) is -0.711. The molecule has 0 aliphatic rings. The first kappa shape index (κ1) is 62.3. The van der Waals surface area contributed by atoms with Gasteiger partial charge in [0.15, 0.2) is 0 Å². The lowest BCUT2D eigenvalue weighted by atomic mass is 10.0. The molecule has 0 bridgehead atoms. The van der Waals surface area contributed by atoms with Gasteiger partial charge >= 0.3 is 11.9 Å². The summed E-state index contributed by atoms with van der Waals surface area (Å²) in [7, 11) is 0. The number of unbranched alkanes of at least 4 members (excludes halogenated alkanes) is 46. The predicted molar refractivity (Wildman–Crippen MR) is 281 cm³/mol. The SMILES string of the molecule is CCCCCCCCCCCCCCCCCCCCCCCCCCOC(=O)C(C)SC(C)C(=O)OCCCCCCCCCCCCCCCCCCCCCCCCCC. The van der Waals surface area contributed by atoms with Crippen molar-refractivity contribution in [2.75, 3.05) is 13.2 Å². The Balaban J connectivity index is 3.40. The van der Waals surface area contributed by atoms with Gasteiger partial charge in [0.1, 0.15) is 10.5 Å². The van der Waals surface area contributed by atoms with Crippen molar-refractivity contribution in [3.05, 3.63) is 0 Å². The summed E-state index contributed by atoms with van der Waals surface area (Å²) in [6.45, 7) is 9.26. The quantitative estimate of drug-likeness (QED) is 0.0450. The lowest BCUT2D eigenvalue weighted by molar-refractivity contribution is -0.142. The molecule has 0 saturated carbocycles. The maximum atomic E-state index is 12.5. The van der Waals surface area contributed by atoms with Crippen molar-refractivity contribution >= 4 is 23.7 Å². The summed E-state index contributed by atoms with van der Waals surface area (Å²) in [6.07, 6.45) is 66.2. The highest BCUT2D eigenvalue weighted by atomic mass is 32.2. The molecular formula is C58H114O4S. The van der Waals surface area contributed by atoms with E-state index >= 15 is 0 Å². The van der Waals surface area contributed by atoms with E-state index in [1.807, 2.05) is 13.8 Å². The van der Waals surface area contributed by atoms with E-state index in [0.717, 1.165) is 25.7 Å². The third-order valence-corrected chi connectivity index (χ3v) is 14.8. The Morgan fingerprint density at radius 1 is 0.270 bits per heavy atom. The van der Waals surface area contributed by atoms with Crippen LogP contribution in [0.25, 0.3) is 0 Å². The van der Waals surface area contributed by atoms with E-state index in [2.05, 4.69) is 13.8 Å². The van der Waals surface area contributed by atoms with Gasteiger partial charge < -0.3 is 9.47 Å². The molecule has 376 valence electrons. The van der Waals surface area contributed by atoms with Crippen LogP contribution >= 0.6 is 11.8 Å². The third-order valence-electron chi connectivity index (χ3n) is 13.6. The molecule has 0 aliphatic heterocycles. The first-order valence-electron chi connectivity index (χ1n) is 29.0. The van der Waals surface area contributed by atoms with Crippen molar-refractivity contribution in [1.82, 2.24) is 0 Å². The van der Waals surface area contributed by atoms with Gasteiger partial charge in [0, 0.05) is 0 Å². The number of rotatable bonds is 54. The molecule has 0 spiro atoms. The zero-order valence-electron chi connectivity index (χ0n) is 43.6. The second kappa shape index (κ2) is 53.9. The Kier molecular flexibility index (Phi) is 53.3. The lowest BCUT2D eigenvalue weighted by Gasteiger charge is -2.16. The molecule has 63 heavy (non-hydrogen) atoms. The van der Waals surface area contributed by atoms with Gasteiger partial charge in [-0.2, -0.15) is 0 Å². The minimum Gasteiger partial charge on any atom is -0.465 e. The van der Waals surface area contributed by atoms with Crippen molar-refractivity contribution < 1.29 is 19.1 Å². The minimum atomic E-state index is -0.356. The van der Waals surface area contributed by atoms with Gasteiger partial charge in [-0.1, -0.05) is 309 Å². The highest BCUT2D eigenvalue weighted by molar-refractivity contribution is 8.01. The van der Waals surface area contributed by atoms with Crippen LogP contribution in [0, 0.1) is 0 Å². The van der Waals surface area contributed by atoms with Crippen LogP contribution in [-0.2, 0) is 19.1 Å². The Bertz CT molecular complexity index is 824. The second-order valence-corrected chi connectivity index (χ2v) is 21.7. The van der Waals surface area contributed by atoms with E-state index < -0.39 is 0 Å². The van der Waals surface area contributed by atoms with Crippen LogP contribution in [-0.4, -0.2) is 35.7 Å². The van der Waals surface area contributed by atoms with Gasteiger partial charge in [0.05, 0.1) is 13.2 Å². The normalized spacial score (nSPS) is 12.5. The molecule has 0 radical (unpaired) electrons. The number of carbonyl (C=O) groups is 2. The van der Waals surface area contributed by atoms with Crippen molar-refractivity contribution in [2.24, 2.45) is 0 Å². The van der Waals surface area contributed by atoms with E-state index in [0.29, 0.717) is 13.2 Å². The Morgan fingerprint density at radius 2 is 0.413 bits per heavy atom. The maximum Gasteiger partial charge on any atom is 0.318 e. The van der Waals surface area contributed by atoms with Crippen molar-refractivity contribution in [3.63, 3.8) is 0 Å². The number of esters is 2. The van der Waals surface area contributed by atoms with E-state index in [1.165, 1.54) is 294 Å². The van der Waals surface area contributed by atoms with Gasteiger partial charge in [0.25, 0.3) is 0 Å². The van der Waals surface area contributed by atoms with Gasteiger partial charge in [-0.25, -0.2) is 0 Å². The van der Waals surface area contributed by atoms with Crippen LogP contribution in [0.4, 0.5) is 0 Å². The number of hydrogen-bond donors (Lipinski definition) is 0. The molecule has 0 aromatic heterocycles. The summed E-state index contributed by atoms with van der Waals surface area (Å²) in [4.78, 5) is 25.0. The minimum absolute atomic E-state index is 0.209. The fourth-order valence-electron chi connectivity index (χ4n) is 9.13. The summed E-state index contributed by atoms with van der Waals surface area (Å²) < 4.78 is 11.1. The molecule has 0 fully saturated rings. The van der Waals surface area contributed by atoms with Crippen LogP contribution < -0.4 is 0 Å². The summed E-state index contributed by atoms with van der Waals surface area (Å²) >= 11 is 1.35. The number of thioether (sulfide) groups is 1. The molecule has 4 nitrogen and oxygen atoms in total. The van der Waals surface area contributed by atoms with Crippen LogP contribution in [0.15, 0.2) is 0 Å². The average molecular weight is 908 g/mol. The molecule has 0 aromatic carbocycles. The van der Waals surface area contributed by atoms with Crippen molar-refractivity contribution in [2.45, 2.75) is 346 Å². The highest BCUT2D eigenvalue weighted by Crippen LogP contribution is 2.22. The zero-order chi connectivity index (χ0) is 45.8. The molecule has 5 heteroatoms. The van der Waals surface area contributed by atoms with Crippen molar-refractivity contribution in [3.8, 4) is 0 Å². The average Bonchev–Trinajstić information content (AvgIpc) is 3.28. The third kappa shape index (κ3) is 50.5. The molecular weight excluding hydrogens is 793 g/mol. The number of carbonyl (C=O) groups excluding carboxylic acids is 2. The van der Waals surface area contributed by atoms with Crippen molar-refractivity contribution in [1.29, 1.82) is 0 Å². The Morgan fingerprint density at radius 3 is 0.571 bits per heavy atom. The smallest absolute Gasteiger partial charge is 0.318 e. The molecule has 0 saturated heterocycles. The molecule has 0 heterocycles. The maximum absolute atomic E-state index is 12.5. The summed E-state index contributed by atoms with van der Waals surface area (Å²) in [6, 6.07) is 0.